The van der Waals surface area contributed by atoms with Crippen LogP contribution in [0.2, 0.25) is 0 Å². The maximum absolute atomic E-state index is 10.7. The Hall–Kier alpha value is -2.89. The minimum absolute atomic E-state index is 0. The molecule has 0 atom stereocenters. The van der Waals surface area contributed by atoms with Crippen LogP contribution < -0.4 is 16.0 Å². The summed E-state index contributed by atoms with van der Waals surface area (Å²) in [7, 11) is 1.74. The van der Waals surface area contributed by atoms with Crippen molar-refractivity contribution in [3.8, 4) is 0 Å². The van der Waals surface area contributed by atoms with E-state index < -0.39 is 4.92 Å². The Morgan fingerprint density at radius 3 is 2.52 bits per heavy atom. The van der Waals surface area contributed by atoms with Gasteiger partial charge in [-0.15, -0.1) is 24.0 Å². The minimum Gasteiger partial charge on any atom is -0.383 e. The van der Waals surface area contributed by atoms with E-state index in [9.17, 15) is 10.1 Å². The highest BCUT2D eigenvalue weighted by Gasteiger charge is 2.06. The minimum atomic E-state index is -0.405. The van der Waals surface area contributed by atoms with Gasteiger partial charge in [-0.25, -0.2) is 4.98 Å². The van der Waals surface area contributed by atoms with Gasteiger partial charge in [-0.05, 0) is 37.6 Å². The van der Waals surface area contributed by atoms with Gasteiger partial charge in [0.15, 0.2) is 5.96 Å². The lowest BCUT2D eigenvalue weighted by molar-refractivity contribution is -0.384. The van der Waals surface area contributed by atoms with E-state index in [0.717, 1.165) is 48.0 Å². The Morgan fingerprint density at radius 1 is 1.10 bits per heavy atom. The standard InChI is InChI=1S/C21H27N7O2.HI/c1-16-26-19-6-3-4-7-20(19)27(16)15-5-12-24-21(22-2)25-14-13-23-17-8-10-18(11-9-17)28(29)30;/h3-4,6-11,23H,5,12-15H2,1-2H3,(H2,22,24,25);1H. The number of imidazole rings is 1. The second-order valence-corrected chi connectivity index (χ2v) is 6.81. The first-order chi connectivity index (χ1) is 14.6. The first kappa shape index (κ1) is 24.4. The molecule has 1 heterocycles. The molecule has 0 amide bonds. The van der Waals surface area contributed by atoms with Crippen LogP contribution in [0, 0.1) is 17.0 Å². The summed E-state index contributed by atoms with van der Waals surface area (Å²) in [6, 6.07) is 14.6. The number of aryl methyl sites for hydroxylation is 2. The van der Waals surface area contributed by atoms with Gasteiger partial charge in [0.05, 0.1) is 16.0 Å². The summed E-state index contributed by atoms with van der Waals surface area (Å²) >= 11 is 0. The van der Waals surface area contributed by atoms with Crippen LogP contribution in [0.1, 0.15) is 12.2 Å². The Labute approximate surface area is 198 Å². The molecule has 0 aliphatic rings. The number of para-hydroxylation sites is 2. The maximum atomic E-state index is 10.7. The molecule has 0 unspecified atom stereocenters. The number of hydrogen-bond acceptors (Lipinski definition) is 5. The Bertz CT molecular complexity index is 1020. The predicted molar refractivity (Wildman–Crippen MR) is 135 cm³/mol. The lowest BCUT2D eigenvalue weighted by Crippen LogP contribution is -2.40. The normalized spacial score (nSPS) is 11.1. The largest absolute Gasteiger partial charge is 0.383 e. The number of fused-ring (bicyclic) bond motifs is 1. The quantitative estimate of drug-likeness (QED) is 0.0963. The molecular weight excluding hydrogens is 509 g/mol. The molecule has 9 nitrogen and oxygen atoms in total. The molecule has 0 aliphatic heterocycles. The number of nitro groups is 1. The number of hydrogen-bond donors (Lipinski definition) is 3. The maximum Gasteiger partial charge on any atom is 0.269 e. The molecule has 0 aliphatic carbocycles. The third kappa shape index (κ3) is 6.81. The molecular formula is C21H28IN7O2. The summed E-state index contributed by atoms with van der Waals surface area (Å²) < 4.78 is 2.24. The fourth-order valence-electron chi connectivity index (χ4n) is 3.23. The fourth-order valence-corrected chi connectivity index (χ4v) is 3.23. The van der Waals surface area contributed by atoms with Crippen LogP contribution in [0.15, 0.2) is 53.5 Å². The lowest BCUT2D eigenvalue weighted by Gasteiger charge is -2.13. The Kier molecular flexibility index (Phi) is 9.50. The van der Waals surface area contributed by atoms with Gasteiger partial charge < -0.3 is 20.5 Å². The average molecular weight is 537 g/mol. The zero-order chi connectivity index (χ0) is 21.3. The highest BCUT2D eigenvalue weighted by Crippen LogP contribution is 2.16. The van der Waals surface area contributed by atoms with Gasteiger partial charge in [0.25, 0.3) is 5.69 Å². The molecule has 31 heavy (non-hydrogen) atoms. The van der Waals surface area contributed by atoms with Crippen molar-refractivity contribution in [3.63, 3.8) is 0 Å². The summed E-state index contributed by atoms with van der Waals surface area (Å²) in [6.07, 6.45) is 0.947. The van der Waals surface area contributed by atoms with E-state index in [0.29, 0.717) is 13.1 Å². The van der Waals surface area contributed by atoms with Gasteiger partial charge in [0.2, 0.25) is 0 Å². The van der Waals surface area contributed by atoms with Crippen molar-refractivity contribution < 1.29 is 4.92 Å². The molecule has 0 fully saturated rings. The number of benzene rings is 2. The Morgan fingerprint density at radius 2 is 1.81 bits per heavy atom. The zero-order valence-electron chi connectivity index (χ0n) is 17.7. The molecule has 1 aromatic heterocycles. The molecule has 3 aromatic rings. The third-order valence-corrected chi connectivity index (χ3v) is 4.74. The van der Waals surface area contributed by atoms with E-state index in [4.69, 9.17) is 0 Å². The number of aliphatic imine (C=N–C) groups is 1. The van der Waals surface area contributed by atoms with Crippen LogP contribution in [-0.2, 0) is 6.54 Å². The number of rotatable bonds is 9. The van der Waals surface area contributed by atoms with E-state index in [1.54, 1.807) is 19.2 Å². The van der Waals surface area contributed by atoms with E-state index in [2.05, 4.69) is 36.6 Å². The van der Waals surface area contributed by atoms with Crippen molar-refractivity contribution in [2.45, 2.75) is 19.9 Å². The zero-order valence-corrected chi connectivity index (χ0v) is 20.0. The van der Waals surface area contributed by atoms with Crippen molar-refractivity contribution in [3.05, 3.63) is 64.5 Å². The van der Waals surface area contributed by atoms with Crippen molar-refractivity contribution >= 4 is 52.3 Å². The fraction of sp³-hybridized carbons (Fsp3) is 0.333. The molecule has 0 bridgehead atoms. The molecule has 0 saturated carbocycles. The third-order valence-electron chi connectivity index (χ3n) is 4.74. The number of non-ortho nitro benzene ring substituents is 1. The molecule has 2 aromatic carbocycles. The lowest BCUT2D eigenvalue weighted by atomic mass is 10.3. The second kappa shape index (κ2) is 12.1. The van der Waals surface area contributed by atoms with E-state index in [-0.39, 0.29) is 29.7 Å². The van der Waals surface area contributed by atoms with Crippen LogP contribution in [0.25, 0.3) is 11.0 Å². The number of aromatic nitrogens is 2. The number of nitrogens with one attached hydrogen (secondary N) is 3. The summed E-state index contributed by atoms with van der Waals surface area (Å²) in [5.74, 6) is 1.77. The predicted octanol–water partition coefficient (Wildman–Crippen LogP) is 3.54. The van der Waals surface area contributed by atoms with Crippen LogP contribution in [0.3, 0.4) is 0 Å². The summed E-state index contributed by atoms with van der Waals surface area (Å²) in [6.45, 7) is 5.05. The number of halogens is 1. The topological polar surface area (TPSA) is 109 Å². The highest BCUT2D eigenvalue weighted by molar-refractivity contribution is 14.0. The van der Waals surface area contributed by atoms with Gasteiger partial charge in [-0.2, -0.15) is 0 Å². The molecule has 3 rings (SSSR count). The first-order valence-electron chi connectivity index (χ1n) is 9.93. The SMILES string of the molecule is CN=C(NCCCn1c(C)nc2ccccc21)NCCNc1ccc([N+](=O)[O-])cc1.I. The second-order valence-electron chi connectivity index (χ2n) is 6.81. The summed E-state index contributed by atoms with van der Waals surface area (Å²) in [5.41, 5.74) is 3.12. The Balaban J connectivity index is 0.00000341. The van der Waals surface area contributed by atoms with Gasteiger partial charge in [-0.3, -0.25) is 15.1 Å². The van der Waals surface area contributed by atoms with Gasteiger partial charge in [0, 0.05) is 51.0 Å². The highest BCUT2D eigenvalue weighted by atomic mass is 127. The summed E-state index contributed by atoms with van der Waals surface area (Å²) in [4.78, 5) is 19.1. The number of nitrogens with zero attached hydrogens (tertiary/aromatic N) is 4. The average Bonchev–Trinajstić information content (AvgIpc) is 3.08. The van der Waals surface area contributed by atoms with Crippen molar-refractivity contribution in [1.82, 2.24) is 20.2 Å². The van der Waals surface area contributed by atoms with E-state index in [1.807, 2.05) is 25.1 Å². The first-order valence-corrected chi connectivity index (χ1v) is 9.93. The van der Waals surface area contributed by atoms with Gasteiger partial charge in [-0.1, -0.05) is 12.1 Å². The van der Waals surface area contributed by atoms with E-state index >= 15 is 0 Å². The van der Waals surface area contributed by atoms with Crippen LogP contribution in [-0.4, -0.2) is 47.1 Å². The van der Waals surface area contributed by atoms with Crippen LogP contribution >= 0.6 is 24.0 Å². The molecule has 3 N–H and O–H groups in total. The van der Waals surface area contributed by atoms with Gasteiger partial charge in [0.1, 0.15) is 5.82 Å². The molecule has 0 saturated heterocycles. The van der Waals surface area contributed by atoms with E-state index in [1.165, 1.54) is 12.1 Å². The van der Waals surface area contributed by atoms with Crippen molar-refractivity contribution in [1.29, 1.82) is 0 Å². The molecule has 0 spiro atoms. The number of guanidine groups is 1. The van der Waals surface area contributed by atoms with Crippen LogP contribution in [0.5, 0.6) is 0 Å². The van der Waals surface area contributed by atoms with Gasteiger partial charge >= 0.3 is 0 Å². The summed E-state index contributed by atoms with van der Waals surface area (Å²) in [5, 5.41) is 20.5. The molecule has 166 valence electrons. The monoisotopic (exact) mass is 537 g/mol. The number of nitro benzene ring substituents is 1. The van der Waals surface area contributed by atoms with Crippen molar-refractivity contribution in [2.75, 3.05) is 32.0 Å². The molecule has 0 radical (unpaired) electrons. The molecule has 10 heteroatoms. The van der Waals surface area contributed by atoms with Crippen LogP contribution in [0.4, 0.5) is 11.4 Å². The van der Waals surface area contributed by atoms with Crippen molar-refractivity contribution in [2.24, 2.45) is 4.99 Å². The number of anilines is 1. The smallest absolute Gasteiger partial charge is 0.269 e.